The monoisotopic (exact) mass is 325 g/mol. The second-order valence-electron chi connectivity index (χ2n) is 3.00. The molecule has 13 heteroatoms. The maximum absolute atomic E-state index is 12.9. The molecule has 0 aromatic heterocycles. The van der Waals surface area contributed by atoms with E-state index in [1.807, 2.05) is 4.74 Å². The molecule has 0 saturated heterocycles. The Balaban J connectivity index is 5.42. The molecular weight excluding hydrogens is 318 g/mol. The van der Waals surface area contributed by atoms with E-state index in [1.54, 1.807) is 0 Å². The van der Waals surface area contributed by atoms with Crippen LogP contribution in [0.2, 0.25) is 0 Å². The highest BCUT2D eigenvalue weighted by Gasteiger charge is 2.71. The Morgan fingerprint density at radius 2 is 1.53 bits per heavy atom. The minimum atomic E-state index is -6.37. The highest BCUT2D eigenvalue weighted by atomic mass is 32.2. The van der Waals surface area contributed by atoms with Crippen molar-refractivity contribution in [3.63, 3.8) is 0 Å². The number of alkyl halides is 8. The largest absolute Gasteiger partial charge is 0.448 e. The Bertz CT molecular complexity index is 409. The van der Waals surface area contributed by atoms with E-state index in [2.05, 4.69) is 0 Å². The van der Waals surface area contributed by atoms with Crippen LogP contribution < -0.4 is 4.72 Å². The van der Waals surface area contributed by atoms with E-state index in [1.165, 1.54) is 0 Å². The van der Waals surface area contributed by atoms with Gasteiger partial charge in [0, 0.05) is 6.54 Å². The van der Waals surface area contributed by atoms with Crippen LogP contribution in [0.3, 0.4) is 0 Å². The summed E-state index contributed by atoms with van der Waals surface area (Å²) in [5.74, 6) is 0. The summed E-state index contributed by atoms with van der Waals surface area (Å²) in [4.78, 5) is 0. The second-order valence-corrected chi connectivity index (χ2v) is 4.81. The fourth-order valence-electron chi connectivity index (χ4n) is 0.712. The predicted molar refractivity (Wildman–Crippen MR) is 44.5 cm³/mol. The molecule has 0 aromatic rings. The van der Waals surface area contributed by atoms with Crippen LogP contribution in [0.15, 0.2) is 0 Å². The van der Waals surface area contributed by atoms with E-state index in [9.17, 15) is 43.5 Å². The highest BCUT2D eigenvalue weighted by Crippen LogP contribution is 2.43. The number of rotatable bonds is 7. The van der Waals surface area contributed by atoms with Gasteiger partial charge in [-0.2, -0.15) is 26.3 Å². The average Bonchev–Trinajstić information content (AvgIpc) is 2.14. The van der Waals surface area contributed by atoms with Crippen molar-refractivity contribution < 1.29 is 48.3 Å². The van der Waals surface area contributed by atoms with Gasteiger partial charge in [0.25, 0.3) is 10.0 Å². The lowest BCUT2D eigenvalue weighted by molar-refractivity contribution is -0.435. The molecule has 0 amide bonds. The van der Waals surface area contributed by atoms with E-state index in [0.29, 0.717) is 0 Å². The zero-order valence-corrected chi connectivity index (χ0v) is 9.76. The Morgan fingerprint density at radius 3 is 1.84 bits per heavy atom. The fourth-order valence-corrected chi connectivity index (χ4v) is 1.63. The number of nitrogens with one attached hydrogen (secondary N) is 1. The third kappa shape index (κ3) is 3.66. The molecule has 0 aliphatic heterocycles. The van der Waals surface area contributed by atoms with Crippen LogP contribution in [0.1, 0.15) is 6.92 Å². The summed E-state index contributed by atoms with van der Waals surface area (Å²) in [7, 11) is -6.10. The van der Waals surface area contributed by atoms with Crippen LogP contribution in [-0.2, 0) is 14.8 Å². The van der Waals surface area contributed by atoms with Crippen LogP contribution in [0.4, 0.5) is 35.1 Å². The zero-order chi connectivity index (χ0) is 15.7. The average molecular weight is 325 g/mol. The molecule has 0 aliphatic rings. The molecule has 0 fully saturated rings. The summed E-state index contributed by atoms with van der Waals surface area (Å²) in [5.41, 5.74) is 0. The Labute approximate surface area is 101 Å². The summed E-state index contributed by atoms with van der Waals surface area (Å²) in [6.07, 6.45) is -17.2. The number of hydrogen-bond donors (Lipinski definition) is 1. The lowest BCUT2D eigenvalue weighted by Gasteiger charge is -2.28. The van der Waals surface area contributed by atoms with Crippen LogP contribution in [0.5, 0.6) is 0 Å². The minimum Gasteiger partial charge on any atom is -0.245 e. The predicted octanol–water partition coefficient (Wildman–Crippen LogP) is 1.99. The molecule has 0 saturated carbocycles. The molecule has 1 N–H and O–H groups in total. The molecule has 0 spiro atoms. The first-order valence-electron chi connectivity index (χ1n) is 4.32. The number of sulfonamides is 1. The van der Waals surface area contributed by atoms with E-state index >= 15 is 0 Å². The first kappa shape index (κ1) is 18.3. The van der Waals surface area contributed by atoms with Gasteiger partial charge >= 0.3 is 23.9 Å². The summed E-state index contributed by atoms with van der Waals surface area (Å²) in [6, 6.07) is 0. The van der Waals surface area contributed by atoms with Gasteiger partial charge in [0.2, 0.25) is 0 Å². The first-order valence-corrected chi connectivity index (χ1v) is 5.80. The lowest BCUT2D eigenvalue weighted by Crippen LogP contribution is -2.56. The van der Waals surface area contributed by atoms with Gasteiger partial charge in [-0.05, 0) is 0 Å². The van der Waals surface area contributed by atoms with Gasteiger partial charge in [-0.25, -0.2) is 26.7 Å². The van der Waals surface area contributed by atoms with Crippen molar-refractivity contribution >= 4 is 10.0 Å². The fraction of sp³-hybridized carbons (Fsp3) is 1.00. The first-order chi connectivity index (χ1) is 8.21. The number of hydrogen-bond acceptors (Lipinski definition) is 3. The summed E-state index contributed by atoms with van der Waals surface area (Å²) >= 11 is 0. The Morgan fingerprint density at radius 1 is 1.11 bits per heavy atom. The summed E-state index contributed by atoms with van der Waals surface area (Å²) in [5, 5.41) is -6.17. The maximum atomic E-state index is 12.9. The molecule has 0 atom stereocenters. The van der Waals surface area contributed by atoms with Gasteiger partial charge in [0.1, 0.15) is 0 Å². The van der Waals surface area contributed by atoms with E-state index in [0.717, 1.165) is 11.6 Å². The molecule has 0 aromatic carbocycles. The van der Waals surface area contributed by atoms with Crippen molar-refractivity contribution in [2.75, 3.05) is 6.54 Å². The van der Waals surface area contributed by atoms with Gasteiger partial charge in [0.05, 0.1) is 0 Å². The van der Waals surface area contributed by atoms with Crippen LogP contribution in [0, 0.1) is 0 Å². The van der Waals surface area contributed by atoms with Crippen LogP contribution in [-0.4, -0.2) is 38.9 Å². The molecular formula is C6H7F8NO3S. The third-order valence-corrected chi connectivity index (χ3v) is 3.11. The van der Waals surface area contributed by atoms with E-state index in [4.69, 9.17) is 0 Å². The molecule has 4 nitrogen and oxygen atoms in total. The topological polar surface area (TPSA) is 55.4 Å². The van der Waals surface area contributed by atoms with Gasteiger partial charge in [-0.1, -0.05) is 6.92 Å². The molecule has 0 aliphatic carbocycles. The van der Waals surface area contributed by atoms with E-state index in [-0.39, 0.29) is 0 Å². The number of ether oxygens (including phenoxy) is 1. The maximum Gasteiger partial charge on any atom is 0.448 e. The van der Waals surface area contributed by atoms with Crippen molar-refractivity contribution in [2.45, 2.75) is 30.8 Å². The molecule has 0 bridgehead atoms. The van der Waals surface area contributed by atoms with E-state index < -0.39 is 40.5 Å². The van der Waals surface area contributed by atoms with Gasteiger partial charge < -0.3 is 0 Å². The van der Waals surface area contributed by atoms with Gasteiger partial charge in [-0.3, -0.25) is 0 Å². The third-order valence-electron chi connectivity index (χ3n) is 1.53. The summed E-state index contributed by atoms with van der Waals surface area (Å²) < 4.78 is 123. The van der Waals surface area contributed by atoms with Crippen molar-refractivity contribution in [2.24, 2.45) is 0 Å². The van der Waals surface area contributed by atoms with Gasteiger partial charge in [-0.15, -0.1) is 0 Å². The number of halogens is 8. The quantitative estimate of drug-likeness (QED) is 0.728. The molecule has 0 heterocycles. The molecule has 0 unspecified atom stereocenters. The highest BCUT2D eigenvalue weighted by molar-refractivity contribution is 7.90. The lowest BCUT2D eigenvalue weighted by atomic mass is 10.6. The Kier molecular flexibility index (Phi) is 5.17. The van der Waals surface area contributed by atoms with Crippen LogP contribution in [0.25, 0.3) is 0 Å². The second kappa shape index (κ2) is 5.36. The standard InChI is InChI=1S/C6H7F8NO3S/c1-2-15-19(16,17)6(13,14)5(11,12)18-4(9,10)3(7)8/h3,15H,2H2,1H3. The molecule has 19 heavy (non-hydrogen) atoms. The summed E-state index contributed by atoms with van der Waals surface area (Å²) in [6.45, 7) is 0.166. The van der Waals surface area contributed by atoms with Crippen LogP contribution >= 0.6 is 0 Å². The van der Waals surface area contributed by atoms with Crippen molar-refractivity contribution in [3.05, 3.63) is 0 Å². The van der Waals surface area contributed by atoms with Gasteiger partial charge in [0.15, 0.2) is 0 Å². The molecule has 116 valence electrons. The van der Waals surface area contributed by atoms with Crippen molar-refractivity contribution in [1.82, 2.24) is 4.72 Å². The van der Waals surface area contributed by atoms with Crippen molar-refractivity contribution in [3.8, 4) is 0 Å². The normalized spacial score (nSPS) is 15.1. The van der Waals surface area contributed by atoms with Crippen molar-refractivity contribution in [1.29, 1.82) is 0 Å². The zero-order valence-electron chi connectivity index (χ0n) is 8.94. The molecule has 0 radical (unpaired) electrons. The SMILES string of the molecule is CCNS(=O)(=O)C(F)(F)C(F)(F)OC(F)(F)C(F)F. The molecule has 0 rings (SSSR count). The Hall–Kier alpha value is -0.690. The minimum absolute atomic E-state index is 0.765. The smallest absolute Gasteiger partial charge is 0.245 e.